The van der Waals surface area contributed by atoms with Gasteiger partial charge >= 0.3 is 6.18 Å². The molecule has 9 heteroatoms. The second-order valence-corrected chi connectivity index (χ2v) is 6.28. The van der Waals surface area contributed by atoms with Gasteiger partial charge < -0.3 is 10.1 Å². The third kappa shape index (κ3) is 3.96. The molecular weight excluding hydrogens is 359 g/mol. The van der Waals surface area contributed by atoms with Gasteiger partial charge in [-0.2, -0.15) is 13.2 Å². The van der Waals surface area contributed by atoms with Crippen LogP contribution in [0.2, 0.25) is 0 Å². The van der Waals surface area contributed by atoms with Crippen LogP contribution in [0.1, 0.15) is 26.1 Å². The van der Waals surface area contributed by atoms with Crippen LogP contribution in [0.15, 0.2) is 30.6 Å². The Bertz CT molecular complexity index is 921. The number of nitrogens with one attached hydrogen (secondary N) is 1. The zero-order valence-corrected chi connectivity index (χ0v) is 15.2. The first-order valence-electron chi connectivity index (χ1n) is 8.53. The number of hydrogen-bond acceptors (Lipinski definition) is 5. The Hall–Kier alpha value is -2.84. The lowest BCUT2D eigenvalue weighted by Gasteiger charge is -2.12. The summed E-state index contributed by atoms with van der Waals surface area (Å²) in [4.78, 5) is 12.1. The van der Waals surface area contributed by atoms with Gasteiger partial charge in [-0.15, -0.1) is 0 Å². The molecule has 2 aromatic heterocycles. The van der Waals surface area contributed by atoms with Gasteiger partial charge in [-0.3, -0.25) is 4.57 Å². The molecule has 0 saturated heterocycles. The second kappa shape index (κ2) is 7.42. The maximum Gasteiger partial charge on any atom is 0.450 e. The molecule has 1 unspecified atom stereocenters. The van der Waals surface area contributed by atoms with E-state index in [1.807, 2.05) is 0 Å². The largest absolute Gasteiger partial charge is 0.497 e. The first-order valence-corrected chi connectivity index (χ1v) is 8.53. The molecule has 0 amide bonds. The Kier molecular flexibility index (Phi) is 5.20. The van der Waals surface area contributed by atoms with Crippen LogP contribution in [0.5, 0.6) is 5.75 Å². The van der Waals surface area contributed by atoms with Gasteiger partial charge in [-0.05, 0) is 18.1 Å². The number of rotatable bonds is 6. The molecule has 3 aromatic rings. The highest BCUT2D eigenvalue weighted by molar-refractivity contribution is 5.79. The number of fused-ring (bicyclic) bond motifs is 1. The topological polar surface area (TPSA) is 64.9 Å². The molecule has 3 rings (SSSR count). The Morgan fingerprint density at radius 1 is 1.22 bits per heavy atom. The molecule has 0 spiro atoms. The molecule has 0 aliphatic heterocycles. The minimum absolute atomic E-state index is 0.0454. The summed E-state index contributed by atoms with van der Waals surface area (Å²) in [5, 5.41) is 3.13. The van der Waals surface area contributed by atoms with E-state index < -0.39 is 12.0 Å². The number of nitrogens with zero attached hydrogens (tertiary/aromatic N) is 4. The smallest absolute Gasteiger partial charge is 0.450 e. The fraction of sp³-hybridized carbons (Fsp3) is 0.389. The maximum atomic E-state index is 13.5. The number of alkyl halides is 3. The van der Waals surface area contributed by atoms with Crippen molar-refractivity contribution in [3.63, 3.8) is 0 Å². The van der Waals surface area contributed by atoms with E-state index in [0.29, 0.717) is 24.0 Å². The van der Waals surface area contributed by atoms with E-state index in [2.05, 4.69) is 34.1 Å². The molecule has 6 nitrogen and oxygen atoms in total. The number of aromatic nitrogens is 4. The lowest BCUT2D eigenvalue weighted by Crippen LogP contribution is -2.15. The summed E-state index contributed by atoms with van der Waals surface area (Å²) >= 11 is 0. The van der Waals surface area contributed by atoms with Crippen LogP contribution in [-0.2, 0) is 6.18 Å². The van der Waals surface area contributed by atoms with Crippen LogP contribution in [0.4, 0.5) is 19.0 Å². The zero-order valence-electron chi connectivity index (χ0n) is 15.2. The number of imidazole rings is 1. The Balaban J connectivity index is 2.02. The third-order valence-electron chi connectivity index (χ3n) is 4.31. The van der Waals surface area contributed by atoms with E-state index in [1.54, 1.807) is 6.07 Å². The standard InChI is InChI=1S/C18H20F3N5O/c1-4-11(2)8-22-15-9-24-16(10-23-15)26-14-6-5-12(27-3)7-13(14)25-17(26)18(19,20)21/h5-7,9-11H,4,8H2,1-3H3,(H,22,23). The maximum absolute atomic E-state index is 13.5. The summed E-state index contributed by atoms with van der Waals surface area (Å²) < 4.78 is 46.5. The minimum atomic E-state index is -4.64. The van der Waals surface area contributed by atoms with Crippen LogP contribution in [0.3, 0.4) is 0 Å². The van der Waals surface area contributed by atoms with Gasteiger partial charge in [0.1, 0.15) is 11.6 Å². The van der Waals surface area contributed by atoms with E-state index in [-0.39, 0.29) is 16.9 Å². The Morgan fingerprint density at radius 3 is 2.59 bits per heavy atom. The van der Waals surface area contributed by atoms with Crippen molar-refractivity contribution >= 4 is 16.9 Å². The Morgan fingerprint density at radius 2 is 2.00 bits per heavy atom. The van der Waals surface area contributed by atoms with Crippen LogP contribution >= 0.6 is 0 Å². The van der Waals surface area contributed by atoms with Gasteiger partial charge in [0.2, 0.25) is 5.82 Å². The summed E-state index contributed by atoms with van der Waals surface area (Å²) in [5.41, 5.74) is 0.445. The average Bonchev–Trinajstić information content (AvgIpc) is 3.05. The van der Waals surface area contributed by atoms with Crippen molar-refractivity contribution in [3.05, 3.63) is 36.4 Å². The highest BCUT2D eigenvalue weighted by atomic mass is 19.4. The number of hydrogen-bond donors (Lipinski definition) is 1. The fourth-order valence-corrected chi connectivity index (χ4v) is 2.56. The van der Waals surface area contributed by atoms with E-state index in [1.165, 1.54) is 31.6 Å². The number of benzene rings is 1. The molecular formula is C18H20F3N5O. The van der Waals surface area contributed by atoms with E-state index in [0.717, 1.165) is 11.0 Å². The van der Waals surface area contributed by atoms with Crippen molar-refractivity contribution in [1.82, 2.24) is 19.5 Å². The highest BCUT2D eigenvalue weighted by Crippen LogP contribution is 2.34. The number of methoxy groups -OCH3 is 1. The van der Waals surface area contributed by atoms with E-state index in [9.17, 15) is 13.2 Å². The van der Waals surface area contributed by atoms with Crippen LogP contribution < -0.4 is 10.1 Å². The van der Waals surface area contributed by atoms with Crippen molar-refractivity contribution < 1.29 is 17.9 Å². The normalized spacial score (nSPS) is 13.0. The molecule has 1 aromatic carbocycles. The van der Waals surface area contributed by atoms with Crippen LogP contribution in [0, 0.1) is 5.92 Å². The van der Waals surface area contributed by atoms with Crippen LogP contribution in [-0.4, -0.2) is 33.2 Å². The lowest BCUT2D eigenvalue weighted by atomic mass is 10.1. The van der Waals surface area contributed by atoms with Gasteiger partial charge in [-0.1, -0.05) is 20.3 Å². The van der Waals surface area contributed by atoms with Crippen molar-refractivity contribution in [2.45, 2.75) is 26.4 Å². The highest BCUT2D eigenvalue weighted by Gasteiger charge is 2.38. The lowest BCUT2D eigenvalue weighted by molar-refractivity contribution is -0.145. The van der Waals surface area contributed by atoms with E-state index >= 15 is 0 Å². The van der Waals surface area contributed by atoms with Gasteiger partial charge in [0.05, 0.1) is 30.5 Å². The summed E-state index contributed by atoms with van der Waals surface area (Å²) in [7, 11) is 1.44. The molecule has 0 aliphatic rings. The minimum Gasteiger partial charge on any atom is -0.497 e. The van der Waals surface area contributed by atoms with Crippen molar-refractivity contribution in [2.75, 3.05) is 19.0 Å². The average molecular weight is 379 g/mol. The quantitative estimate of drug-likeness (QED) is 0.692. The molecule has 0 aliphatic carbocycles. The molecule has 1 atom stereocenters. The summed E-state index contributed by atoms with van der Waals surface area (Å²) in [6.07, 6.45) is -0.897. The summed E-state index contributed by atoms with van der Waals surface area (Å²) in [5.74, 6) is 0.385. The predicted molar refractivity (Wildman–Crippen MR) is 96.2 cm³/mol. The first-order chi connectivity index (χ1) is 12.8. The van der Waals surface area contributed by atoms with Crippen molar-refractivity contribution in [2.24, 2.45) is 5.92 Å². The number of halogens is 3. The Labute approximate surface area is 154 Å². The molecule has 0 radical (unpaired) electrons. The molecule has 144 valence electrons. The van der Waals surface area contributed by atoms with Gasteiger partial charge in [-0.25, -0.2) is 15.0 Å². The van der Waals surface area contributed by atoms with Gasteiger partial charge in [0.25, 0.3) is 0 Å². The number of anilines is 1. The first kappa shape index (κ1) is 18.9. The number of ether oxygens (including phenoxy) is 1. The van der Waals surface area contributed by atoms with Crippen molar-refractivity contribution in [3.8, 4) is 11.6 Å². The molecule has 0 saturated carbocycles. The van der Waals surface area contributed by atoms with Crippen LogP contribution in [0.25, 0.3) is 16.9 Å². The zero-order chi connectivity index (χ0) is 19.6. The fourth-order valence-electron chi connectivity index (χ4n) is 2.56. The monoisotopic (exact) mass is 379 g/mol. The van der Waals surface area contributed by atoms with Gasteiger partial charge in [0, 0.05) is 12.6 Å². The molecule has 0 bridgehead atoms. The predicted octanol–water partition coefficient (Wildman–Crippen LogP) is 4.30. The molecule has 2 heterocycles. The molecule has 1 N–H and O–H groups in total. The summed E-state index contributed by atoms with van der Waals surface area (Å²) in [6.45, 7) is 4.89. The molecule has 0 fully saturated rings. The second-order valence-electron chi connectivity index (χ2n) is 6.28. The summed E-state index contributed by atoms with van der Waals surface area (Å²) in [6, 6.07) is 4.56. The third-order valence-corrected chi connectivity index (χ3v) is 4.31. The van der Waals surface area contributed by atoms with Gasteiger partial charge in [0.15, 0.2) is 5.82 Å². The SMILES string of the molecule is CCC(C)CNc1cnc(-n2c(C(F)(F)F)nc3cc(OC)ccc32)cn1. The van der Waals surface area contributed by atoms with Crippen molar-refractivity contribution in [1.29, 1.82) is 0 Å². The molecule has 27 heavy (non-hydrogen) atoms. The van der Waals surface area contributed by atoms with E-state index in [4.69, 9.17) is 4.74 Å².